The van der Waals surface area contributed by atoms with E-state index in [1.165, 1.54) is 6.07 Å². The molecule has 1 rings (SSSR count). The Morgan fingerprint density at radius 2 is 2.16 bits per heavy atom. The molecular formula is C13H16INO4. The van der Waals surface area contributed by atoms with Gasteiger partial charge in [0.1, 0.15) is 0 Å². The highest BCUT2D eigenvalue weighted by Crippen LogP contribution is 2.19. The number of anilines is 1. The van der Waals surface area contributed by atoms with E-state index in [0.717, 1.165) is 3.57 Å². The van der Waals surface area contributed by atoms with Gasteiger partial charge in [0.2, 0.25) is 5.91 Å². The number of benzene rings is 1. The standard InChI is InChI=1S/C13H16INO4/c1-8(7-19-2)5-12(16)15-11-4-3-9(14)6-10(11)13(17)18/h3-4,6,8H,5,7H2,1-2H3,(H,15,16)(H,17,18). The summed E-state index contributed by atoms with van der Waals surface area (Å²) in [7, 11) is 1.58. The van der Waals surface area contributed by atoms with Gasteiger partial charge in [-0.2, -0.15) is 0 Å². The fourth-order valence-electron chi connectivity index (χ4n) is 1.66. The Kier molecular flexibility index (Phi) is 6.23. The van der Waals surface area contributed by atoms with Gasteiger partial charge in [-0.1, -0.05) is 6.92 Å². The van der Waals surface area contributed by atoms with Gasteiger partial charge in [0.15, 0.2) is 0 Å². The molecule has 0 fully saturated rings. The number of ether oxygens (including phenoxy) is 1. The van der Waals surface area contributed by atoms with Gasteiger partial charge >= 0.3 is 5.97 Å². The van der Waals surface area contributed by atoms with Crippen molar-refractivity contribution in [2.75, 3.05) is 19.0 Å². The number of hydrogen-bond acceptors (Lipinski definition) is 3. The molecule has 0 aliphatic carbocycles. The number of rotatable bonds is 6. The summed E-state index contributed by atoms with van der Waals surface area (Å²) in [6, 6.07) is 4.88. The number of carboxylic acid groups (broad SMARTS) is 1. The van der Waals surface area contributed by atoms with Crippen molar-refractivity contribution in [3.63, 3.8) is 0 Å². The fraction of sp³-hybridized carbons (Fsp3) is 0.385. The quantitative estimate of drug-likeness (QED) is 0.748. The van der Waals surface area contributed by atoms with E-state index in [4.69, 9.17) is 9.84 Å². The Labute approximate surface area is 125 Å². The monoisotopic (exact) mass is 377 g/mol. The Bertz CT molecular complexity index is 476. The van der Waals surface area contributed by atoms with Gasteiger partial charge in [-0.3, -0.25) is 4.79 Å². The maximum absolute atomic E-state index is 11.8. The molecule has 0 spiro atoms. The van der Waals surface area contributed by atoms with Crippen LogP contribution < -0.4 is 5.32 Å². The predicted octanol–water partition coefficient (Wildman–Crippen LogP) is 2.60. The molecule has 0 aliphatic heterocycles. The van der Waals surface area contributed by atoms with Crippen LogP contribution in [-0.4, -0.2) is 30.7 Å². The molecule has 1 unspecified atom stereocenters. The second kappa shape index (κ2) is 7.44. The molecule has 0 bridgehead atoms. The number of methoxy groups -OCH3 is 1. The number of carbonyl (C=O) groups is 2. The van der Waals surface area contributed by atoms with Crippen molar-refractivity contribution in [1.82, 2.24) is 0 Å². The number of halogens is 1. The molecule has 0 aliphatic rings. The van der Waals surface area contributed by atoms with E-state index in [1.807, 2.05) is 29.5 Å². The van der Waals surface area contributed by atoms with Crippen molar-refractivity contribution in [1.29, 1.82) is 0 Å². The van der Waals surface area contributed by atoms with Gasteiger partial charge in [-0.25, -0.2) is 4.79 Å². The summed E-state index contributed by atoms with van der Waals surface area (Å²) in [6.45, 7) is 2.39. The first-order valence-electron chi connectivity index (χ1n) is 5.75. The molecule has 0 aromatic heterocycles. The minimum atomic E-state index is -1.06. The first kappa shape index (κ1) is 15.9. The summed E-state index contributed by atoms with van der Waals surface area (Å²) < 4.78 is 5.76. The molecule has 0 saturated heterocycles. The first-order chi connectivity index (χ1) is 8.93. The van der Waals surface area contributed by atoms with Gasteiger partial charge in [0.05, 0.1) is 11.3 Å². The molecule has 1 amide bonds. The zero-order chi connectivity index (χ0) is 14.4. The van der Waals surface area contributed by atoms with Crippen molar-refractivity contribution in [2.24, 2.45) is 5.92 Å². The van der Waals surface area contributed by atoms with Crippen LogP contribution in [0.4, 0.5) is 5.69 Å². The zero-order valence-corrected chi connectivity index (χ0v) is 12.9. The molecule has 6 heteroatoms. The van der Waals surface area contributed by atoms with Gasteiger partial charge in [0, 0.05) is 23.7 Å². The lowest BCUT2D eigenvalue weighted by Crippen LogP contribution is -2.19. The minimum Gasteiger partial charge on any atom is -0.478 e. The number of hydrogen-bond donors (Lipinski definition) is 2. The highest BCUT2D eigenvalue weighted by Gasteiger charge is 2.14. The van der Waals surface area contributed by atoms with Gasteiger partial charge in [0.25, 0.3) is 0 Å². The molecule has 0 saturated carbocycles. The second-order valence-corrected chi connectivity index (χ2v) is 5.55. The highest BCUT2D eigenvalue weighted by molar-refractivity contribution is 14.1. The summed E-state index contributed by atoms with van der Waals surface area (Å²) in [5, 5.41) is 11.7. The van der Waals surface area contributed by atoms with Crippen molar-refractivity contribution < 1.29 is 19.4 Å². The molecule has 0 heterocycles. The zero-order valence-electron chi connectivity index (χ0n) is 10.8. The van der Waals surface area contributed by atoms with Crippen LogP contribution in [-0.2, 0) is 9.53 Å². The van der Waals surface area contributed by atoms with Crippen molar-refractivity contribution in [3.8, 4) is 0 Å². The van der Waals surface area contributed by atoms with Gasteiger partial charge in [-0.15, -0.1) is 0 Å². The highest BCUT2D eigenvalue weighted by atomic mass is 127. The van der Waals surface area contributed by atoms with E-state index < -0.39 is 5.97 Å². The van der Waals surface area contributed by atoms with Crippen molar-refractivity contribution in [2.45, 2.75) is 13.3 Å². The maximum Gasteiger partial charge on any atom is 0.337 e. The summed E-state index contributed by atoms with van der Waals surface area (Å²) in [4.78, 5) is 22.9. The van der Waals surface area contributed by atoms with E-state index >= 15 is 0 Å². The topological polar surface area (TPSA) is 75.6 Å². The predicted molar refractivity (Wildman–Crippen MR) is 80.4 cm³/mol. The molecule has 19 heavy (non-hydrogen) atoms. The summed E-state index contributed by atoms with van der Waals surface area (Å²) in [5.74, 6) is -1.19. The lowest BCUT2D eigenvalue weighted by molar-refractivity contribution is -0.117. The van der Waals surface area contributed by atoms with Crippen LogP contribution in [0.15, 0.2) is 18.2 Å². The average molecular weight is 377 g/mol. The first-order valence-corrected chi connectivity index (χ1v) is 6.83. The second-order valence-electron chi connectivity index (χ2n) is 4.31. The molecule has 2 N–H and O–H groups in total. The molecule has 5 nitrogen and oxygen atoms in total. The lowest BCUT2D eigenvalue weighted by Gasteiger charge is -2.12. The largest absolute Gasteiger partial charge is 0.478 e. The SMILES string of the molecule is COCC(C)CC(=O)Nc1ccc(I)cc1C(=O)O. The summed E-state index contributed by atoms with van der Waals surface area (Å²) in [5.41, 5.74) is 0.419. The van der Waals surface area contributed by atoms with Crippen LogP contribution in [0.3, 0.4) is 0 Å². The summed E-state index contributed by atoms with van der Waals surface area (Å²) in [6.07, 6.45) is 0.291. The minimum absolute atomic E-state index is 0.0853. The van der Waals surface area contributed by atoms with Crippen LogP contribution >= 0.6 is 22.6 Å². The number of carbonyl (C=O) groups excluding carboxylic acids is 1. The van der Waals surface area contributed by atoms with E-state index in [-0.39, 0.29) is 17.4 Å². The lowest BCUT2D eigenvalue weighted by atomic mass is 10.1. The molecule has 1 aromatic carbocycles. The Morgan fingerprint density at radius 1 is 1.47 bits per heavy atom. The van der Waals surface area contributed by atoms with Crippen LogP contribution in [0.5, 0.6) is 0 Å². The van der Waals surface area contributed by atoms with Crippen LogP contribution in [0.2, 0.25) is 0 Å². The molecule has 0 radical (unpaired) electrons. The maximum atomic E-state index is 11.8. The third-order valence-electron chi connectivity index (χ3n) is 2.47. The number of nitrogens with one attached hydrogen (secondary N) is 1. The summed E-state index contributed by atoms with van der Waals surface area (Å²) >= 11 is 2.03. The van der Waals surface area contributed by atoms with Crippen molar-refractivity contribution >= 4 is 40.2 Å². The van der Waals surface area contributed by atoms with Crippen LogP contribution in [0.1, 0.15) is 23.7 Å². The van der Waals surface area contributed by atoms with Gasteiger partial charge in [-0.05, 0) is 46.7 Å². The van der Waals surface area contributed by atoms with Crippen LogP contribution in [0, 0.1) is 9.49 Å². The third kappa shape index (κ3) is 5.15. The number of carboxylic acids is 1. The Balaban J connectivity index is 2.76. The molecule has 1 atom stereocenters. The molecular weight excluding hydrogens is 361 g/mol. The third-order valence-corrected chi connectivity index (χ3v) is 3.14. The van der Waals surface area contributed by atoms with E-state index in [1.54, 1.807) is 19.2 Å². The number of amides is 1. The normalized spacial score (nSPS) is 11.9. The molecule has 104 valence electrons. The van der Waals surface area contributed by atoms with E-state index in [0.29, 0.717) is 18.7 Å². The van der Waals surface area contributed by atoms with E-state index in [9.17, 15) is 9.59 Å². The molecule has 1 aromatic rings. The Hall–Kier alpha value is -1.15. The smallest absolute Gasteiger partial charge is 0.337 e. The average Bonchev–Trinajstić information content (AvgIpc) is 2.31. The van der Waals surface area contributed by atoms with Crippen molar-refractivity contribution in [3.05, 3.63) is 27.3 Å². The van der Waals surface area contributed by atoms with Gasteiger partial charge < -0.3 is 15.2 Å². The van der Waals surface area contributed by atoms with E-state index in [2.05, 4.69) is 5.32 Å². The van der Waals surface area contributed by atoms with Crippen LogP contribution in [0.25, 0.3) is 0 Å². The fourth-order valence-corrected chi connectivity index (χ4v) is 2.15. The number of aromatic carboxylic acids is 1. The Morgan fingerprint density at radius 3 is 2.74 bits per heavy atom.